The van der Waals surface area contributed by atoms with Crippen LogP contribution in [0.25, 0.3) is 0 Å². The van der Waals surface area contributed by atoms with Crippen molar-refractivity contribution in [2.24, 2.45) is 0 Å². The molecule has 0 aliphatic carbocycles. The van der Waals surface area contributed by atoms with Gasteiger partial charge in [-0.25, -0.2) is 0 Å². The van der Waals surface area contributed by atoms with Crippen molar-refractivity contribution in [1.82, 2.24) is 15.5 Å². The van der Waals surface area contributed by atoms with Crippen LogP contribution >= 0.6 is 11.3 Å². The average Bonchev–Trinajstić information content (AvgIpc) is 3.21. The van der Waals surface area contributed by atoms with Crippen LogP contribution in [0.5, 0.6) is 0 Å². The Bertz CT molecular complexity index is 727. The number of piperazine rings is 1. The quantitative estimate of drug-likeness (QED) is 0.650. The molecule has 138 valence electrons. The monoisotopic (exact) mass is 372 g/mol. The van der Waals surface area contributed by atoms with Crippen LogP contribution in [-0.2, 0) is 0 Å². The maximum absolute atomic E-state index is 12.5. The Labute approximate surface area is 157 Å². The minimum atomic E-state index is -0.195. The highest BCUT2D eigenvalue weighted by atomic mass is 32.1. The van der Waals surface area contributed by atoms with Gasteiger partial charge in [-0.1, -0.05) is 18.2 Å². The fourth-order valence-corrected chi connectivity index (χ4v) is 3.54. The molecule has 1 aromatic carbocycles. The maximum Gasteiger partial charge on any atom is 0.265 e. The highest BCUT2D eigenvalue weighted by Crippen LogP contribution is 2.18. The zero-order chi connectivity index (χ0) is 18.2. The van der Waals surface area contributed by atoms with E-state index >= 15 is 0 Å². The molecule has 0 bridgehead atoms. The molecule has 1 aliphatic rings. The van der Waals surface area contributed by atoms with Gasteiger partial charge >= 0.3 is 0 Å². The van der Waals surface area contributed by atoms with Gasteiger partial charge in [0.15, 0.2) is 0 Å². The summed E-state index contributed by atoms with van der Waals surface area (Å²) in [5.41, 5.74) is 1.02. The van der Waals surface area contributed by atoms with Gasteiger partial charge in [-0.2, -0.15) is 0 Å². The number of thiophene rings is 1. The van der Waals surface area contributed by atoms with Crippen molar-refractivity contribution in [3.8, 4) is 0 Å². The first-order valence-corrected chi connectivity index (χ1v) is 9.77. The van der Waals surface area contributed by atoms with E-state index in [1.807, 2.05) is 17.5 Å². The Morgan fingerprint density at radius 3 is 2.65 bits per heavy atom. The lowest BCUT2D eigenvalue weighted by atomic mass is 10.1. The molecule has 2 aromatic rings. The lowest BCUT2D eigenvalue weighted by Crippen LogP contribution is -2.44. The Hall–Kier alpha value is -2.22. The maximum atomic E-state index is 12.5. The van der Waals surface area contributed by atoms with Gasteiger partial charge < -0.3 is 20.9 Å². The van der Waals surface area contributed by atoms with Crippen molar-refractivity contribution >= 4 is 28.8 Å². The highest BCUT2D eigenvalue weighted by Gasteiger charge is 2.14. The summed E-state index contributed by atoms with van der Waals surface area (Å²) in [6, 6.07) is 10.7. The fourth-order valence-electron chi connectivity index (χ4n) is 2.92. The molecule has 0 radical (unpaired) electrons. The number of carbonyl (C=O) groups is 2. The summed E-state index contributed by atoms with van der Waals surface area (Å²) in [4.78, 5) is 27.8. The Morgan fingerprint density at radius 1 is 1.08 bits per heavy atom. The lowest BCUT2D eigenvalue weighted by Gasteiger charge is -2.27. The largest absolute Gasteiger partial charge is 0.352 e. The molecule has 0 unspecified atom stereocenters. The number of benzene rings is 1. The second kappa shape index (κ2) is 9.47. The van der Waals surface area contributed by atoms with Crippen LogP contribution < -0.4 is 16.0 Å². The van der Waals surface area contributed by atoms with E-state index < -0.39 is 0 Å². The molecule has 1 aliphatic heterocycles. The van der Waals surface area contributed by atoms with Gasteiger partial charge in [-0.15, -0.1) is 11.3 Å². The van der Waals surface area contributed by atoms with Crippen LogP contribution in [0.2, 0.25) is 0 Å². The summed E-state index contributed by atoms with van der Waals surface area (Å²) in [5, 5.41) is 11.0. The van der Waals surface area contributed by atoms with Gasteiger partial charge in [-0.05, 0) is 36.5 Å². The normalized spacial score (nSPS) is 14.8. The molecule has 1 aromatic heterocycles. The second-order valence-electron chi connectivity index (χ2n) is 6.18. The molecule has 0 spiro atoms. The molecule has 2 heterocycles. The Balaban J connectivity index is 1.51. The predicted octanol–water partition coefficient (Wildman–Crippen LogP) is 2.03. The van der Waals surface area contributed by atoms with Crippen LogP contribution in [0, 0.1) is 0 Å². The first-order chi connectivity index (χ1) is 12.7. The van der Waals surface area contributed by atoms with Crippen molar-refractivity contribution in [2.75, 3.05) is 44.6 Å². The van der Waals surface area contributed by atoms with Crippen LogP contribution in [0.15, 0.2) is 41.8 Å². The molecule has 0 atom stereocenters. The van der Waals surface area contributed by atoms with E-state index in [1.165, 1.54) is 11.3 Å². The summed E-state index contributed by atoms with van der Waals surface area (Å²) in [7, 11) is 0. The number of rotatable bonds is 7. The summed E-state index contributed by atoms with van der Waals surface area (Å²) in [5.74, 6) is -0.355. The molecule has 6 nitrogen and oxygen atoms in total. The lowest BCUT2D eigenvalue weighted by molar-refractivity contribution is 0.0952. The van der Waals surface area contributed by atoms with E-state index in [4.69, 9.17) is 0 Å². The van der Waals surface area contributed by atoms with E-state index in [1.54, 1.807) is 24.3 Å². The van der Waals surface area contributed by atoms with E-state index in [-0.39, 0.29) is 11.8 Å². The number of amides is 2. The van der Waals surface area contributed by atoms with Crippen molar-refractivity contribution in [3.63, 3.8) is 0 Å². The summed E-state index contributed by atoms with van der Waals surface area (Å²) < 4.78 is 0. The van der Waals surface area contributed by atoms with Gasteiger partial charge in [0.2, 0.25) is 0 Å². The van der Waals surface area contributed by atoms with E-state index in [0.29, 0.717) is 22.7 Å². The van der Waals surface area contributed by atoms with E-state index in [0.717, 1.165) is 39.1 Å². The van der Waals surface area contributed by atoms with Crippen LogP contribution in [0.1, 0.15) is 26.5 Å². The Kier molecular flexibility index (Phi) is 6.76. The third kappa shape index (κ3) is 5.14. The molecule has 26 heavy (non-hydrogen) atoms. The summed E-state index contributed by atoms with van der Waals surface area (Å²) in [6.45, 7) is 5.79. The number of para-hydroxylation sites is 1. The van der Waals surface area contributed by atoms with Crippen LogP contribution in [-0.4, -0.2) is 56.0 Å². The topological polar surface area (TPSA) is 73.5 Å². The number of nitrogens with one attached hydrogen (secondary N) is 3. The smallest absolute Gasteiger partial charge is 0.265 e. The molecule has 1 fully saturated rings. The number of hydrogen-bond acceptors (Lipinski definition) is 5. The molecule has 0 saturated carbocycles. The number of nitrogens with zero attached hydrogens (tertiary/aromatic N) is 1. The fraction of sp³-hybridized carbons (Fsp3) is 0.368. The number of anilines is 1. The minimum absolute atomic E-state index is 0.160. The van der Waals surface area contributed by atoms with Crippen molar-refractivity contribution in [3.05, 3.63) is 52.2 Å². The second-order valence-corrected chi connectivity index (χ2v) is 7.13. The summed E-state index contributed by atoms with van der Waals surface area (Å²) >= 11 is 1.37. The molecule has 1 saturated heterocycles. The molecule has 3 N–H and O–H groups in total. The van der Waals surface area contributed by atoms with Gasteiger partial charge in [0.25, 0.3) is 11.8 Å². The van der Waals surface area contributed by atoms with Crippen molar-refractivity contribution in [1.29, 1.82) is 0 Å². The zero-order valence-corrected chi connectivity index (χ0v) is 15.5. The SMILES string of the molecule is O=C(Nc1ccccc1C(=O)NCCCN1CCNCC1)c1cccs1. The number of hydrogen-bond donors (Lipinski definition) is 3. The average molecular weight is 372 g/mol. The number of carbonyl (C=O) groups excluding carboxylic acids is 2. The van der Waals surface area contributed by atoms with Crippen LogP contribution in [0.3, 0.4) is 0 Å². The Morgan fingerprint density at radius 2 is 1.88 bits per heavy atom. The molecular formula is C19H24N4O2S. The third-order valence-electron chi connectivity index (χ3n) is 4.31. The minimum Gasteiger partial charge on any atom is -0.352 e. The standard InChI is InChI=1S/C19H24N4O2S/c24-18(21-8-4-11-23-12-9-20-10-13-23)15-5-1-2-6-16(15)22-19(25)17-7-3-14-26-17/h1-3,5-7,14,20H,4,8-13H2,(H,21,24)(H,22,25). The van der Waals surface area contributed by atoms with E-state index in [2.05, 4.69) is 20.9 Å². The van der Waals surface area contributed by atoms with Crippen molar-refractivity contribution < 1.29 is 9.59 Å². The molecule has 2 amide bonds. The van der Waals surface area contributed by atoms with Gasteiger partial charge in [0.1, 0.15) is 0 Å². The van der Waals surface area contributed by atoms with Gasteiger partial charge in [-0.3, -0.25) is 9.59 Å². The van der Waals surface area contributed by atoms with Crippen LogP contribution in [0.4, 0.5) is 5.69 Å². The third-order valence-corrected chi connectivity index (χ3v) is 5.18. The van der Waals surface area contributed by atoms with Crippen molar-refractivity contribution in [2.45, 2.75) is 6.42 Å². The van der Waals surface area contributed by atoms with Gasteiger partial charge in [0.05, 0.1) is 16.1 Å². The summed E-state index contributed by atoms with van der Waals surface area (Å²) in [6.07, 6.45) is 0.912. The zero-order valence-electron chi connectivity index (χ0n) is 14.7. The first kappa shape index (κ1) is 18.6. The van der Waals surface area contributed by atoms with E-state index in [9.17, 15) is 9.59 Å². The molecular weight excluding hydrogens is 348 g/mol. The first-order valence-electron chi connectivity index (χ1n) is 8.89. The molecule has 7 heteroatoms. The predicted molar refractivity (Wildman–Crippen MR) is 105 cm³/mol. The van der Waals surface area contributed by atoms with Gasteiger partial charge in [0, 0.05) is 32.7 Å². The highest BCUT2D eigenvalue weighted by molar-refractivity contribution is 7.12. The molecule has 3 rings (SSSR count).